The molecule has 10 nitrogen and oxygen atoms in total. The van der Waals surface area contributed by atoms with Crippen molar-refractivity contribution < 1.29 is 14.4 Å². The third-order valence-corrected chi connectivity index (χ3v) is 6.79. The minimum absolute atomic E-state index is 0.162. The molecule has 2 aromatic heterocycles. The van der Waals surface area contributed by atoms with Gasteiger partial charge in [0.05, 0.1) is 11.4 Å². The van der Waals surface area contributed by atoms with Crippen LogP contribution in [-0.4, -0.2) is 47.5 Å². The number of rotatable bonds is 10. The number of aromatic nitrogens is 3. The largest absolute Gasteiger partial charge is 0.326 e. The minimum atomic E-state index is -0.321. The lowest BCUT2D eigenvalue weighted by molar-refractivity contribution is -0.116. The molecule has 1 aliphatic carbocycles. The number of amides is 3. The number of fused-ring (bicyclic) bond motifs is 1. The second kappa shape index (κ2) is 11.5. The van der Waals surface area contributed by atoms with Gasteiger partial charge in [0.1, 0.15) is 12.4 Å². The highest BCUT2D eigenvalue weighted by Crippen LogP contribution is 2.37. The number of para-hydroxylation sites is 2. The van der Waals surface area contributed by atoms with Gasteiger partial charge in [0.2, 0.25) is 18.7 Å². The fraction of sp³-hybridized carbons (Fsp3) is 0.172. The second-order valence-electron chi connectivity index (χ2n) is 9.20. The average molecular weight is 522 g/mol. The van der Waals surface area contributed by atoms with Crippen LogP contribution in [-0.2, 0) is 27.2 Å². The van der Waals surface area contributed by atoms with Crippen molar-refractivity contribution in [1.29, 1.82) is 0 Å². The quantitative estimate of drug-likeness (QED) is 0.305. The predicted molar refractivity (Wildman–Crippen MR) is 149 cm³/mol. The Morgan fingerprint density at radius 2 is 1.77 bits per heavy atom. The van der Waals surface area contributed by atoms with E-state index in [4.69, 9.17) is 0 Å². The third-order valence-electron chi connectivity index (χ3n) is 6.79. The maximum Gasteiger partial charge on any atom is 0.244 e. The molecule has 2 N–H and O–H groups in total. The van der Waals surface area contributed by atoms with Crippen LogP contribution in [0.4, 0.5) is 28.7 Å². The first-order valence-corrected chi connectivity index (χ1v) is 12.5. The first-order chi connectivity index (χ1) is 19.1. The summed E-state index contributed by atoms with van der Waals surface area (Å²) in [6.07, 6.45) is 6.11. The normalized spacial score (nSPS) is 13.7. The molecule has 0 bridgehead atoms. The molecule has 5 rings (SSSR count). The molecule has 3 amide bonds. The summed E-state index contributed by atoms with van der Waals surface area (Å²) in [6, 6.07) is 20.6. The zero-order chi connectivity index (χ0) is 27.2. The van der Waals surface area contributed by atoms with Crippen molar-refractivity contribution in [2.75, 3.05) is 34.0 Å². The molecule has 0 saturated carbocycles. The Bertz CT molecular complexity index is 1500. The Balaban J connectivity index is 1.28. The lowest BCUT2D eigenvalue weighted by Crippen LogP contribution is -2.33. The summed E-state index contributed by atoms with van der Waals surface area (Å²) in [6.45, 7) is -0.162. The molecule has 10 heteroatoms. The van der Waals surface area contributed by atoms with Crippen molar-refractivity contribution in [2.24, 2.45) is 0 Å². The van der Waals surface area contributed by atoms with E-state index in [0.717, 1.165) is 24.0 Å². The zero-order valence-corrected chi connectivity index (χ0v) is 21.3. The van der Waals surface area contributed by atoms with Gasteiger partial charge in [0, 0.05) is 25.1 Å². The van der Waals surface area contributed by atoms with Gasteiger partial charge < -0.3 is 20.4 Å². The smallest absolute Gasteiger partial charge is 0.244 e. The van der Waals surface area contributed by atoms with Crippen molar-refractivity contribution in [3.63, 3.8) is 0 Å². The minimum Gasteiger partial charge on any atom is -0.326 e. The van der Waals surface area contributed by atoms with Crippen LogP contribution in [0.3, 0.4) is 0 Å². The maximum atomic E-state index is 13.0. The van der Waals surface area contributed by atoms with E-state index in [-0.39, 0.29) is 18.4 Å². The summed E-state index contributed by atoms with van der Waals surface area (Å²) < 4.78 is 0. The van der Waals surface area contributed by atoms with E-state index in [1.807, 2.05) is 66.5 Å². The molecule has 39 heavy (non-hydrogen) atoms. The van der Waals surface area contributed by atoms with E-state index in [9.17, 15) is 14.4 Å². The Kier molecular flexibility index (Phi) is 7.53. The fourth-order valence-corrected chi connectivity index (χ4v) is 4.96. The molecule has 2 aromatic carbocycles. The molecule has 2 heterocycles. The van der Waals surface area contributed by atoms with E-state index < -0.39 is 0 Å². The molecule has 4 aromatic rings. The average Bonchev–Trinajstić information content (AvgIpc) is 3.40. The molecule has 0 saturated heterocycles. The number of carbonyl (C=O) groups excluding carboxylic acids is 3. The summed E-state index contributed by atoms with van der Waals surface area (Å²) in [5.41, 5.74) is 5.24. The number of nitrogens with zero attached hydrogens (tertiary/aromatic N) is 5. The number of hydrogen-bond acceptors (Lipinski definition) is 7. The van der Waals surface area contributed by atoms with Gasteiger partial charge in [-0.3, -0.25) is 14.4 Å². The second-order valence-corrected chi connectivity index (χ2v) is 9.20. The molecule has 0 radical (unpaired) electrons. The highest BCUT2D eigenvalue weighted by Gasteiger charge is 2.26. The van der Waals surface area contributed by atoms with Crippen LogP contribution in [0.1, 0.15) is 22.6 Å². The maximum absolute atomic E-state index is 13.0. The Morgan fingerprint density at radius 3 is 2.54 bits per heavy atom. The van der Waals surface area contributed by atoms with Crippen molar-refractivity contribution >= 4 is 47.4 Å². The van der Waals surface area contributed by atoms with E-state index in [0.29, 0.717) is 41.5 Å². The monoisotopic (exact) mass is 521 g/mol. The standard InChI is InChI=1S/C29H27N7O3/c1-35(27-9-5-13-32-34-27)25-7-2-3-8-26(25)36(19-38)17-28(39)33-23-11-10-20-14-22(15-21(20)16-23)24-6-4-12-30-29(24)31-18-37/h2-13,16,18-19,22H,14-15,17H2,1H3,(H,33,39)(H,30,31,37). The Labute approximate surface area is 225 Å². The zero-order valence-electron chi connectivity index (χ0n) is 21.3. The molecule has 1 atom stereocenters. The van der Waals surface area contributed by atoms with Gasteiger partial charge in [-0.1, -0.05) is 24.3 Å². The molecular formula is C29H27N7O3. The van der Waals surface area contributed by atoms with Crippen LogP contribution in [0.25, 0.3) is 0 Å². The summed E-state index contributed by atoms with van der Waals surface area (Å²) >= 11 is 0. The van der Waals surface area contributed by atoms with E-state index in [1.54, 1.807) is 24.5 Å². The number of pyridine rings is 1. The van der Waals surface area contributed by atoms with Gasteiger partial charge in [-0.2, -0.15) is 5.10 Å². The first-order valence-electron chi connectivity index (χ1n) is 12.5. The number of anilines is 5. The van der Waals surface area contributed by atoms with Gasteiger partial charge in [-0.15, -0.1) is 5.10 Å². The van der Waals surface area contributed by atoms with Gasteiger partial charge in [-0.05, 0) is 77.9 Å². The lowest BCUT2D eigenvalue weighted by atomic mass is 9.97. The molecule has 196 valence electrons. The van der Waals surface area contributed by atoms with Crippen LogP contribution in [0.5, 0.6) is 0 Å². The number of nitrogens with one attached hydrogen (secondary N) is 2. The molecule has 0 spiro atoms. The fourth-order valence-electron chi connectivity index (χ4n) is 4.96. The van der Waals surface area contributed by atoms with Crippen LogP contribution in [0.2, 0.25) is 0 Å². The Hall–Kier alpha value is -5.12. The molecule has 1 aliphatic rings. The van der Waals surface area contributed by atoms with Gasteiger partial charge in [0.25, 0.3) is 0 Å². The summed E-state index contributed by atoms with van der Waals surface area (Å²) in [5, 5.41) is 13.7. The van der Waals surface area contributed by atoms with E-state index in [1.165, 1.54) is 10.5 Å². The van der Waals surface area contributed by atoms with Crippen molar-refractivity contribution in [2.45, 2.75) is 18.8 Å². The Morgan fingerprint density at radius 1 is 0.974 bits per heavy atom. The molecular weight excluding hydrogens is 494 g/mol. The first kappa shape index (κ1) is 25.5. The van der Waals surface area contributed by atoms with Crippen LogP contribution in [0, 0.1) is 0 Å². The van der Waals surface area contributed by atoms with Crippen LogP contribution >= 0.6 is 0 Å². The van der Waals surface area contributed by atoms with Gasteiger partial charge >= 0.3 is 0 Å². The predicted octanol–water partition coefficient (Wildman–Crippen LogP) is 3.69. The summed E-state index contributed by atoms with van der Waals surface area (Å²) in [4.78, 5) is 43.5. The highest BCUT2D eigenvalue weighted by atomic mass is 16.2. The topological polar surface area (TPSA) is 120 Å². The number of benzene rings is 2. The van der Waals surface area contributed by atoms with Crippen LogP contribution in [0.15, 0.2) is 79.1 Å². The number of carbonyl (C=O) groups is 3. The van der Waals surface area contributed by atoms with Crippen LogP contribution < -0.4 is 20.4 Å². The van der Waals surface area contributed by atoms with Gasteiger partial charge in [0.15, 0.2) is 5.82 Å². The van der Waals surface area contributed by atoms with E-state index in [2.05, 4.69) is 25.8 Å². The lowest BCUT2D eigenvalue weighted by Gasteiger charge is -2.25. The van der Waals surface area contributed by atoms with Gasteiger partial charge in [-0.25, -0.2) is 4.98 Å². The molecule has 0 fully saturated rings. The third kappa shape index (κ3) is 5.59. The summed E-state index contributed by atoms with van der Waals surface area (Å²) in [5.74, 6) is 1.03. The molecule has 0 aliphatic heterocycles. The van der Waals surface area contributed by atoms with Crippen molar-refractivity contribution in [1.82, 2.24) is 15.2 Å². The highest BCUT2D eigenvalue weighted by molar-refractivity contribution is 5.99. The summed E-state index contributed by atoms with van der Waals surface area (Å²) in [7, 11) is 1.83. The van der Waals surface area contributed by atoms with Crippen molar-refractivity contribution in [3.8, 4) is 0 Å². The van der Waals surface area contributed by atoms with Crippen molar-refractivity contribution in [3.05, 3.63) is 95.8 Å². The number of hydrogen-bond donors (Lipinski definition) is 2. The SMILES string of the molecule is CN(c1cccnn1)c1ccccc1N(C=O)CC(=O)Nc1ccc2c(c1)CC(c1cccnc1NC=O)C2. The molecule has 1 unspecified atom stereocenters. The van der Waals surface area contributed by atoms with E-state index >= 15 is 0 Å².